The van der Waals surface area contributed by atoms with Gasteiger partial charge in [0.2, 0.25) is 15.9 Å². The molecule has 0 aliphatic heterocycles. The van der Waals surface area contributed by atoms with E-state index in [-0.39, 0.29) is 12.6 Å². The van der Waals surface area contributed by atoms with E-state index in [0.717, 1.165) is 27.4 Å². The third kappa shape index (κ3) is 6.11. The van der Waals surface area contributed by atoms with Crippen LogP contribution in [-0.2, 0) is 14.8 Å². The average Bonchev–Trinajstić information content (AvgIpc) is 2.63. The van der Waals surface area contributed by atoms with Gasteiger partial charge < -0.3 is 10.1 Å². The predicted octanol–water partition coefficient (Wildman–Crippen LogP) is 3.70. The maximum Gasteiger partial charge on any atom is 0.243 e. The molecule has 0 fully saturated rings. The molecule has 0 aromatic heterocycles. The minimum atomic E-state index is -3.71. The highest BCUT2D eigenvalue weighted by Gasteiger charge is 2.30. The lowest BCUT2D eigenvalue weighted by Crippen LogP contribution is -2.50. The zero-order valence-corrected chi connectivity index (χ0v) is 18.8. The highest BCUT2D eigenvalue weighted by atomic mass is 35.5. The Morgan fingerprint density at radius 1 is 1.14 bits per heavy atom. The Kier molecular flexibility index (Phi) is 7.54. The number of anilines is 1. The number of para-hydroxylation sites is 1. The van der Waals surface area contributed by atoms with Crippen molar-refractivity contribution in [2.24, 2.45) is 0 Å². The molecule has 0 radical (unpaired) electrons. The van der Waals surface area contributed by atoms with Crippen LogP contribution in [0.2, 0.25) is 5.02 Å². The Morgan fingerprint density at radius 3 is 2.38 bits per heavy atom. The highest BCUT2D eigenvalue weighted by molar-refractivity contribution is 7.92. The van der Waals surface area contributed by atoms with Gasteiger partial charge in [0.05, 0.1) is 18.0 Å². The van der Waals surface area contributed by atoms with E-state index in [1.165, 1.54) is 0 Å². The number of aryl methyl sites for hydroxylation is 2. The number of carbonyl (C=O) groups is 1. The zero-order chi connectivity index (χ0) is 21.8. The average molecular weight is 439 g/mol. The molecule has 0 unspecified atom stereocenters. The summed E-state index contributed by atoms with van der Waals surface area (Å²) in [7, 11) is -3.71. The van der Waals surface area contributed by atoms with Crippen molar-refractivity contribution in [3.63, 3.8) is 0 Å². The first-order valence-corrected chi connectivity index (χ1v) is 11.5. The second-order valence-electron chi connectivity index (χ2n) is 7.15. The van der Waals surface area contributed by atoms with Gasteiger partial charge in [0, 0.05) is 5.02 Å². The Hall–Kier alpha value is -2.25. The molecule has 1 N–H and O–H groups in total. The second kappa shape index (κ2) is 9.50. The summed E-state index contributed by atoms with van der Waals surface area (Å²) in [6.07, 6.45) is 1.06. The van der Waals surface area contributed by atoms with Gasteiger partial charge >= 0.3 is 0 Å². The number of hydrogen-bond donors (Lipinski definition) is 1. The number of sulfonamides is 1. The Bertz CT molecular complexity index is 978. The molecule has 0 saturated carbocycles. The van der Waals surface area contributed by atoms with E-state index < -0.39 is 22.0 Å². The quantitative estimate of drug-likeness (QED) is 0.681. The highest BCUT2D eigenvalue weighted by Crippen LogP contribution is 2.26. The smallest absolute Gasteiger partial charge is 0.243 e. The van der Waals surface area contributed by atoms with Crippen molar-refractivity contribution in [1.82, 2.24) is 5.32 Å². The number of benzene rings is 2. The summed E-state index contributed by atoms with van der Waals surface area (Å²) in [6.45, 7) is 7.37. The molecule has 6 nitrogen and oxygen atoms in total. The van der Waals surface area contributed by atoms with Crippen LogP contribution in [-0.4, -0.2) is 39.3 Å². The van der Waals surface area contributed by atoms with Gasteiger partial charge in [0.1, 0.15) is 18.4 Å². The second-order valence-corrected chi connectivity index (χ2v) is 9.42. The zero-order valence-electron chi connectivity index (χ0n) is 17.3. The summed E-state index contributed by atoms with van der Waals surface area (Å²) < 4.78 is 31.6. The SMILES string of the molecule is Cc1ccc(N([C@@H](C)C(=O)N[C@@H](C)COc2ccccc2C)S(C)(=O)=O)cc1Cl. The van der Waals surface area contributed by atoms with E-state index >= 15 is 0 Å². The number of nitrogens with one attached hydrogen (secondary N) is 1. The third-order valence-corrected chi connectivity index (χ3v) is 6.12. The van der Waals surface area contributed by atoms with Gasteiger partial charge in [0.25, 0.3) is 0 Å². The van der Waals surface area contributed by atoms with Crippen LogP contribution in [0.5, 0.6) is 5.75 Å². The molecule has 0 saturated heterocycles. The molecule has 158 valence electrons. The number of carbonyl (C=O) groups excluding carboxylic acids is 1. The lowest BCUT2D eigenvalue weighted by Gasteiger charge is -2.29. The van der Waals surface area contributed by atoms with Crippen molar-refractivity contribution in [2.75, 3.05) is 17.2 Å². The molecule has 2 aromatic rings. The van der Waals surface area contributed by atoms with Gasteiger partial charge in [0.15, 0.2) is 0 Å². The van der Waals surface area contributed by atoms with Crippen molar-refractivity contribution >= 4 is 33.2 Å². The van der Waals surface area contributed by atoms with Crippen LogP contribution in [0.1, 0.15) is 25.0 Å². The van der Waals surface area contributed by atoms with Crippen molar-refractivity contribution in [1.29, 1.82) is 0 Å². The molecular formula is C21H27ClN2O4S. The van der Waals surface area contributed by atoms with E-state index in [2.05, 4.69) is 5.32 Å². The number of hydrogen-bond acceptors (Lipinski definition) is 4. The molecule has 29 heavy (non-hydrogen) atoms. The first-order valence-electron chi connectivity index (χ1n) is 9.25. The van der Waals surface area contributed by atoms with Crippen LogP contribution < -0.4 is 14.4 Å². The fraction of sp³-hybridized carbons (Fsp3) is 0.381. The molecule has 2 rings (SSSR count). The van der Waals surface area contributed by atoms with Gasteiger partial charge in [-0.15, -0.1) is 0 Å². The topological polar surface area (TPSA) is 75.7 Å². The van der Waals surface area contributed by atoms with Gasteiger partial charge in [-0.25, -0.2) is 8.42 Å². The van der Waals surface area contributed by atoms with Crippen molar-refractivity contribution in [3.8, 4) is 5.75 Å². The van der Waals surface area contributed by atoms with Gasteiger partial charge in [-0.1, -0.05) is 35.9 Å². The van der Waals surface area contributed by atoms with Crippen LogP contribution in [0.15, 0.2) is 42.5 Å². The number of halogens is 1. The molecule has 0 bridgehead atoms. The molecule has 2 atom stereocenters. The van der Waals surface area contributed by atoms with Crippen LogP contribution in [0.4, 0.5) is 5.69 Å². The maximum atomic E-state index is 12.7. The summed E-state index contributed by atoms with van der Waals surface area (Å²) in [5, 5.41) is 3.25. The van der Waals surface area contributed by atoms with Crippen LogP contribution in [0.25, 0.3) is 0 Å². The lowest BCUT2D eigenvalue weighted by molar-refractivity contribution is -0.122. The molecule has 0 aliphatic carbocycles. The minimum Gasteiger partial charge on any atom is -0.491 e. The molecule has 1 amide bonds. The van der Waals surface area contributed by atoms with E-state index in [1.54, 1.807) is 32.0 Å². The monoisotopic (exact) mass is 438 g/mol. The molecule has 0 spiro atoms. The molecule has 8 heteroatoms. The summed E-state index contributed by atoms with van der Waals surface area (Å²) in [6, 6.07) is 11.2. The molecule has 0 aliphatic rings. The first-order chi connectivity index (χ1) is 13.5. The predicted molar refractivity (Wildman–Crippen MR) is 117 cm³/mol. The van der Waals surface area contributed by atoms with Crippen molar-refractivity contribution in [3.05, 3.63) is 58.6 Å². The van der Waals surface area contributed by atoms with Gasteiger partial charge in [-0.05, 0) is 57.0 Å². The van der Waals surface area contributed by atoms with E-state index in [9.17, 15) is 13.2 Å². The molecular weight excluding hydrogens is 412 g/mol. The van der Waals surface area contributed by atoms with E-state index in [1.807, 2.05) is 38.1 Å². The molecule has 0 heterocycles. The number of ether oxygens (including phenoxy) is 1. The largest absolute Gasteiger partial charge is 0.491 e. The van der Waals surface area contributed by atoms with Crippen LogP contribution in [0.3, 0.4) is 0 Å². The number of amides is 1. The Labute approximate surface area is 177 Å². The normalized spacial score (nSPS) is 13.4. The fourth-order valence-corrected chi connectivity index (χ4v) is 4.21. The first kappa shape index (κ1) is 23.0. The maximum absolute atomic E-state index is 12.7. The van der Waals surface area contributed by atoms with E-state index in [4.69, 9.17) is 16.3 Å². The van der Waals surface area contributed by atoms with Crippen LogP contribution >= 0.6 is 11.6 Å². The Balaban J connectivity index is 2.10. The number of nitrogens with zero attached hydrogens (tertiary/aromatic N) is 1. The third-order valence-electron chi connectivity index (χ3n) is 4.47. The Morgan fingerprint density at radius 2 is 1.79 bits per heavy atom. The van der Waals surface area contributed by atoms with E-state index in [0.29, 0.717) is 10.7 Å². The number of rotatable bonds is 8. The van der Waals surface area contributed by atoms with Gasteiger partial charge in [-0.2, -0.15) is 0 Å². The minimum absolute atomic E-state index is 0.262. The standard InChI is InChI=1S/C21H27ClN2O4S/c1-14-10-11-18(12-19(14)22)24(29(5,26)27)17(4)21(25)23-16(3)13-28-20-9-7-6-8-15(20)2/h6-12,16-17H,13H2,1-5H3,(H,23,25)/t16-,17-/m0/s1. The summed E-state index contributed by atoms with van der Waals surface area (Å²) in [5.74, 6) is 0.321. The summed E-state index contributed by atoms with van der Waals surface area (Å²) in [5.41, 5.74) is 2.16. The van der Waals surface area contributed by atoms with Crippen molar-refractivity contribution in [2.45, 2.75) is 39.8 Å². The summed E-state index contributed by atoms with van der Waals surface area (Å²) in [4.78, 5) is 12.7. The fourth-order valence-electron chi connectivity index (χ4n) is 2.87. The van der Waals surface area contributed by atoms with Gasteiger partial charge in [-0.3, -0.25) is 9.10 Å². The van der Waals surface area contributed by atoms with Crippen LogP contribution in [0, 0.1) is 13.8 Å². The summed E-state index contributed by atoms with van der Waals surface area (Å²) >= 11 is 6.15. The molecule has 2 aromatic carbocycles. The lowest BCUT2D eigenvalue weighted by atomic mass is 10.2. The van der Waals surface area contributed by atoms with Crippen molar-refractivity contribution < 1.29 is 17.9 Å².